The highest BCUT2D eigenvalue weighted by atomic mass is 32.2. The number of hydrogen-bond donors (Lipinski definition) is 1. The minimum Gasteiger partial charge on any atom is -0.511 e. The molecular weight excluding hydrogens is 452 g/mol. The lowest BCUT2D eigenvalue weighted by atomic mass is 9.96. The van der Waals surface area contributed by atoms with Crippen molar-refractivity contribution < 1.29 is 13.9 Å². The fourth-order valence-electron chi connectivity index (χ4n) is 4.64. The number of aliphatic hydroxyl groups excluding tert-OH is 1. The molecule has 1 aromatic heterocycles. The summed E-state index contributed by atoms with van der Waals surface area (Å²) in [6.07, 6.45) is 6.05. The van der Waals surface area contributed by atoms with Gasteiger partial charge in [-0.1, -0.05) is 87.3 Å². The van der Waals surface area contributed by atoms with E-state index in [-0.39, 0.29) is 16.6 Å². The number of halogens is 2. The predicted molar refractivity (Wildman–Crippen MR) is 134 cm³/mol. The minimum atomic E-state index is -0.929. The van der Waals surface area contributed by atoms with Gasteiger partial charge in [0.25, 0.3) is 5.56 Å². The van der Waals surface area contributed by atoms with Crippen LogP contribution in [0, 0.1) is 11.6 Å². The van der Waals surface area contributed by atoms with Gasteiger partial charge in [0.1, 0.15) is 11.8 Å². The van der Waals surface area contributed by atoms with Gasteiger partial charge in [-0.05, 0) is 41.7 Å². The molecule has 4 rings (SSSR count). The first kappa shape index (κ1) is 24.3. The van der Waals surface area contributed by atoms with E-state index in [4.69, 9.17) is 0 Å². The third-order valence-corrected chi connectivity index (χ3v) is 7.73. The monoisotopic (exact) mass is 481 g/mol. The zero-order valence-corrected chi connectivity index (χ0v) is 20.1. The number of aromatic nitrogens is 1. The number of allylic oxidation sites excluding steroid dienone is 1. The number of hydrogen-bond acceptors (Lipinski definition) is 3. The number of thioether (sulfide) groups is 1. The van der Waals surface area contributed by atoms with Crippen LogP contribution >= 0.6 is 11.8 Å². The zero-order valence-electron chi connectivity index (χ0n) is 19.3. The van der Waals surface area contributed by atoms with Crippen molar-refractivity contribution in [2.24, 2.45) is 0 Å². The van der Waals surface area contributed by atoms with Crippen LogP contribution in [0.25, 0.3) is 11.1 Å². The number of fused-ring (bicyclic) bond motifs is 1. The first-order chi connectivity index (χ1) is 16.4. The summed E-state index contributed by atoms with van der Waals surface area (Å²) in [5.41, 5.74) is 2.80. The molecule has 2 heterocycles. The maximum atomic E-state index is 14.3. The Hall–Kier alpha value is -2.86. The van der Waals surface area contributed by atoms with E-state index in [9.17, 15) is 18.7 Å². The number of rotatable bonds is 9. The second-order valence-corrected chi connectivity index (χ2v) is 9.87. The molecule has 1 N–H and O–H groups in total. The van der Waals surface area contributed by atoms with Crippen molar-refractivity contribution in [3.8, 4) is 11.1 Å². The van der Waals surface area contributed by atoms with Gasteiger partial charge >= 0.3 is 0 Å². The number of benzene rings is 2. The van der Waals surface area contributed by atoms with Crippen molar-refractivity contribution in [3.05, 3.63) is 100 Å². The average Bonchev–Trinajstić information content (AvgIpc) is 3.23. The normalized spacial score (nSPS) is 17.0. The van der Waals surface area contributed by atoms with Gasteiger partial charge in [0.05, 0.1) is 10.3 Å². The second-order valence-electron chi connectivity index (χ2n) is 8.74. The van der Waals surface area contributed by atoms with Gasteiger partial charge in [0, 0.05) is 11.6 Å². The Morgan fingerprint density at radius 2 is 1.76 bits per heavy atom. The van der Waals surface area contributed by atoms with Gasteiger partial charge in [-0.25, -0.2) is 8.78 Å². The first-order valence-electron chi connectivity index (χ1n) is 11.8. The molecule has 1 aliphatic rings. The number of nitrogens with zero attached hydrogens (tertiary/aromatic N) is 1. The lowest BCUT2D eigenvalue weighted by Crippen LogP contribution is -2.26. The van der Waals surface area contributed by atoms with E-state index in [0.29, 0.717) is 17.0 Å². The number of pyridine rings is 1. The smallest absolute Gasteiger partial charge is 0.252 e. The summed E-state index contributed by atoms with van der Waals surface area (Å²) < 4.78 is 29.6. The average molecular weight is 482 g/mol. The molecule has 0 bridgehead atoms. The minimum absolute atomic E-state index is 0.106. The first-order valence-corrected chi connectivity index (χ1v) is 12.6. The highest BCUT2D eigenvalue weighted by Gasteiger charge is 2.39. The molecule has 0 amide bonds. The van der Waals surface area contributed by atoms with Crippen LogP contribution in [0.1, 0.15) is 61.4 Å². The standard InChI is InChI=1S/C28H29F2NO2S/c1-3-4-5-6-8-13-20-17-24(33)31-26(18(2)32)27(19-11-9-7-10-12-19)34-28(31)25(20)21-14-15-22(29)23(30)16-21/h7,9-12,14-17,26-27,32H,2-6,8,13H2,1H3/t26-,27-/m1/s1. The van der Waals surface area contributed by atoms with Gasteiger partial charge in [0.15, 0.2) is 11.6 Å². The Labute approximate surface area is 203 Å². The Kier molecular flexibility index (Phi) is 7.57. The van der Waals surface area contributed by atoms with Gasteiger partial charge in [0.2, 0.25) is 0 Å². The van der Waals surface area contributed by atoms with E-state index < -0.39 is 17.7 Å². The fraction of sp³-hybridized carbons (Fsp3) is 0.321. The van der Waals surface area contributed by atoms with Crippen LogP contribution in [0.15, 0.2) is 76.8 Å². The quantitative estimate of drug-likeness (QED) is 0.251. The number of unbranched alkanes of at least 4 members (excludes halogenated alkanes) is 4. The summed E-state index contributed by atoms with van der Waals surface area (Å²) in [6, 6.07) is 14.4. The van der Waals surface area contributed by atoms with Crippen LogP contribution in [-0.2, 0) is 6.42 Å². The Bertz CT molecular complexity index is 1240. The molecule has 178 valence electrons. The van der Waals surface area contributed by atoms with Crippen LogP contribution in [0.2, 0.25) is 0 Å². The highest BCUT2D eigenvalue weighted by Crippen LogP contribution is 2.54. The summed E-state index contributed by atoms with van der Waals surface area (Å²) in [4.78, 5) is 13.3. The molecule has 3 aromatic rings. The molecule has 0 fully saturated rings. The van der Waals surface area contributed by atoms with Crippen LogP contribution in [0.4, 0.5) is 8.78 Å². The van der Waals surface area contributed by atoms with Crippen LogP contribution < -0.4 is 5.56 Å². The molecule has 0 saturated carbocycles. The summed E-state index contributed by atoms with van der Waals surface area (Å²) in [6.45, 7) is 5.92. The molecule has 0 unspecified atom stereocenters. The summed E-state index contributed by atoms with van der Waals surface area (Å²) in [7, 11) is 0. The second kappa shape index (κ2) is 10.6. The van der Waals surface area contributed by atoms with Gasteiger partial charge < -0.3 is 5.11 Å². The Morgan fingerprint density at radius 1 is 1.03 bits per heavy atom. The molecule has 0 saturated heterocycles. The molecule has 3 nitrogen and oxygen atoms in total. The topological polar surface area (TPSA) is 42.2 Å². The van der Waals surface area contributed by atoms with E-state index in [0.717, 1.165) is 54.9 Å². The molecular formula is C28H29F2NO2S. The number of aryl methyl sites for hydroxylation is 1. The lowest BCUT2D eigenvalue weighted by Gasteiger charge is -2.20. The largest absolute Gasteiger partial charge is 0.511 e. The van der Waals surface area contributed by atoms with Crippen LogP contribution in [0.3, 0.4) is 0 Å². The van der Waals surface area contributed by atoms with E-state index in [1.54, 1.807) is 16.7 Å². The highest BCUT2D eigenvalue weighted by molar-refractivity contribution is 7.99. The molecule has 34 heavy (non-hydrogen) atoms. The maximum absolute atomic E-state index is 14.3. The third-order valence-electron chi connectivity index (χ3n) is 6.32. The fourth-order valence-corrected chi connectivity index (χ4v) is 6.27. The SMILES string of the molecule is C=C(O)[C@@H]1[C@@H](c2ccccc2)Sc2c(-c3ccc(F)c(F)c3)c(CCCCCCC)cc(=O)n21. The zero-order chi connectivity index (χ0) is 24.2. The molecule has 0 spiro atoms. The van der Waals surface area contributed by atoms with Gasteiger partial charge in [-0.2, -0.15) is 0 Å². The van der Waals surface area contributed by atoms with Crippen LogP contribution in [0.5, 0.6) is 0 Å². The summed E-state index contributed by atoms with van der Waals surface area (Å²) >= 11 is 1.46. The van der Waals surface area contributed by atoms with E-state index in [1.165, 1.54) is 17.8 Å². The third kappa shape index (κ3) is 4.83. The predicted octanol–water partition coefficient (Wildman–Crippen LogP) is 7.77. The molecule has 0 radical (unpaired) electrons. The molecule has 2 aromatic carbocycles. The summed E-state index contributed by atoms with van der Waals surface area (Å²) in [5, 5.41) is 10.9. The van der Waals surface area contributed by atoms with Crippen molar-refractivity contribution >= 4 is 11.8 Å². The van der Waals surface area contributed by atoms with Crippen molar-refractivity contribution in [1.82, 2.24) is 4.57 Å². The van der Waals surface area contributed by atoms with Crippen molar-refractivity contribution in [3.63, 3.8) is 0 Å². The Morgan fingerprint density at radius 3 is 2.44 bits per heavy atom. The van der Waals surface area contributed by atoms with Crippen molar-refractivity contribution in [1.29, 1.82) is 0 Å². The van der Waals surface area contributed by atoms with Crippen LogP contribution in [-0.4, -0.2) is 9.67 Å². The van der Waals surface area contributed by atoms with Gasteiger partial charge in [-0.15, -0.1) is 0 Å². The Balaban J connectivity index is 1.85. The maximum Gasteiger partial charge on any atom is 0.252 e. The van der Waals surface area contributed by atoms with Crippen molar-refractivity contribution in [2.45, 2.75) is 61.8 Å². The molecule has 0 aliphatic carbocycles. The van der Waals surface area contributed by atoms with Gasteiger partial charge in [-0.3, -0.25) is 9.36 Å². The summed E-state index contributed by atoms with van der Waals surface area (Å²) in [5.74, 6) is -1.95. The number of aliphatic hydroxyl groups is 1. The van der Waals surface area contributed by atoms with Crippen molar-refractivity contribution in [2.75, 3.05) is 0 Å². The van der Waals surface area contributed by atoms with E-state index in [2.05, 4.69) is 13.5 Å². The van der Waals surface area contributed by atoms with E-state index in [1.807, 2.05) is 30.3 Å². The molecule has 1 aliphatic heterocycles. The molecule has 6 heteroatoms. The lowest BCUT2D eigenvalue weighted by molar-refractivity contribution is 0.320. The van der Waals surface area contributed by atoms with E-state index >= 15 is 0 Å². The molecule has 2 atom stereocenters.